The number of hydrogen-bond donors (Lipinski definition) is 2. The molecule has 0 saturated heterocycles. The van der Waals surface area contributed by atoms with Crippen LogP contribution in [0.15, 0.2) is 41.9 Å². The normalized spacial score (nSPS) is 10.7. The highest BCUT2D eigenvalue weighted by atomic mass is 32.1. The van der Waals surface area contributed by atoms with Crippen LogP contribution in [-0.4, -0.2) is 24.5 Å². The molecule has 0 bridgehead atoms. The van der Waals surface area contributed by atoms with Gasteiger partial charge in [0.25, 0.3) is 5.91 Å². The second kappa shape index (κ2) is 6.01. The molecule has 0 radical (unpaired) electrons. The van der Waals surface area contributed by atoms with Crippen LogP contribution in [-0.2, 0) is 6.42 Å². The minimum atomic E-state index is -0.0116. The number of H-pyrrole nitrogens is 1. The molecule has 2 heterocycles. The quantitative estimate of drug-likeness (QED) is 0.760. The zero-order valence-corrected chi connectivity index (χ0v) is 12.5. The van der Waals surface area contributed by atoms with Crippen molar-refractivity contribution in [2.45, 2.75) is 6.42 Å². The molecule has 0 atom stereocenters. The molecule has 0 aliphatic rings. The fraction of sp³-hybridized carbons (Fsp3) is 0.188. The van der Waals surface area contributed by atoms with Gasteiger partial charge in [-0.25, -0.2) is 0 Å². The molecular formula is C16H16N2O2S. The van der Waals surface area contributed by atoms with Crippen molar-refractivity contribution in [2.75, 3.05) is 13.7 Å². The predicted molar refractivity (Wildman–Crippen MR) is 85.2 cm³/mol. The van der Waals surface area contributed by atoms with E-state index in [0.717, 1.165) is 28.0 Å². The lowest BCUT2D eigenvalue weighted by Gasteiger charge is -2.04. The summed E-state index contributed by atoms with van der Waals surface area (Å²) < 4.78 is 5.26. The average molecular weight is 300 g/mol. The van der Waals surface area contributed by atoms with Crippen molar-refractivity contribution in [3.8, 4) is 5.75 Å². The monoisotopic (exact) mass is 300 g/mol. The second-order valence-corrected chi connectivity index (χ2v) is 5.66. The van der Waals surface area contributed by atoms with E-state index in [-0.39, 0.29) is 5.91 Å². The van der Waals surface area contributed by atoms with E-state index in [2.05, 4.69) is 10.3 Å². The minimum absolute atomic E-state index is 0.0116. The van der Waals surface area contributed by atoms with Crippen molar-refractivity contribution in [3.05, 3.63) is 52.3 Å². The Morgan fingerprint density at radius 3 is 3.05 bits per heavy atom. The number of aromatic amines is 1. The van der Waals surface area contributed by atoms with E-state index >= 15 is 0 Å². The van der Waals surface area contributed by atoms with Gasteiger partial charge in [-0.3, -0.25) is 4.79 Å². The van der Waals surface area contributed by atoms with Crippen LogP contribution in [0.2, 0.25) is 0 Å². The number of hydrogen-bond acceptors (Lipinski definition) is 3. The van der Waals surface area contributed by atoms with Crippen LogP contribution in [0.5, 0.6) is 5.75 Å². The summed E-state index contributed by atoms with van der Waals surface area (Å²) in [4.78, 5) is 15.9. The lowest BCUT2D eigenvalue weighted by molar-refractivity contribution is 0.0958. The van der Waals surface area contributed by atoms with Gasteiger partial charge in [-0.2, -0.15) is 0 Å². The fourth-order valence-electron chi connectivity index (χ4n) is 2.30. The van der Waals surface area contributed by atoms with E-state index < -0.39 is 0 Å². The molecular weight excluding hydrogens is 284 g/mol. The second-order valence-electron chi connectivity index (χ2n) is 4.71. The van der Waals surface area contributed by atoms with Crippen molar-refractivity contribution in [2.24, 2.45) is 0 Å². The molecule has 2 aromatic heterocycles. The van der Waals surface area contributed by atoms with E-state index in [1.165, 1.54) is 16.9 Å². The first-order chi connectivity index (χ1) is 10.3. The number of rotatable bonds is 5. The molecule has 21 heavy (non-hydrogen) atoms. The Morgan fingerprint density at radius 2 is 2.29 bits per heavy atom. The standard InChI is InChI=1S/C16H16N2O2S/c1-20-12-4-5-14-13(9-12)11(10-18-14)6-7-17-16(19)15-3-2-8-21-15/h2-5,8-10,18H,6-7H2,1H3,(H,17,19). The molecule has 1 amide bonds. The summed E-state index contributed by atoms with van der Waals surface area (Å²) in [7, 11) is 1.66. The Kier molecular flexibility index (Phi) is 3.92. The maximum Gasteiger partial charge on any atom is 0.261 e. The lowest BCUT2D eigenvalue weighted by Crippen LogP contribution is -2.24. The Hall–Kier alpha value is -2.27. The third-order valence-electron chi connectivity index (χ3n) is 3.40. The van der Waals surface area contributed by atoms with Crippen LogP contribution in [0.1, 0.15) is 15.2 Å². The Bertz CT molecular complexity index is 747. The number of nitrogens with one attached hydrogen (secondary N) is 2. The summed E-state index contributed by atoms with van der Waals surface area (Å²) >= 11 is 1.45. The maximum absolute atomic E-state index is 11.9. The van der Waals surface area contributed by atoms with Gasteiger partial charge in [0.15, 0.2) is 0 Å². The Morgan fingerprint density at radius 1 is 1.38 bits per heavy atom. The maximum atomic E-state index is 11.9. The number of ether oxygens (including phenoxy) is 1. The summed E-state index contributed by atoms with van der Waals surface area (Å²) in [6, 6.07) is 9.66. The van der Waals surface area contributed by atoms with Gasteiger partial charge in [-0.05, 0) is 41.6 Å². The topological polar surface area (TPSA) is 54.1 Å². The van der Waals surface area contributed by atoms with Crippen molar-refractivity contribution < 1.29 is 9.53 Å². The number of carbonyl (C=O) groups is 1. The van der Waals surface area contributed by atoms with Crippen molar-refractivity contribution in [3.63, 3.8) is 0 Å². The van der Waals surface area contributed by atoms with Gasteiger partial charge in [0, 0.05) is 23.6 Å². The molecule has 4 nitrogen and oxygen atoms in total. The summed E-state index contributed by atoms with van der Waals surface area (Å²) in [5.41, 5.74) is 2.26. The number of aromatic nitrogens is 1. The van der Waals surface area contributed by atoms with E-state index in [1.54, 1.807) is 7.11 Å². The van der Waals surface area contributed by atoms with Gasteiger partial charge in [0.1, 0.15) is 5.75 Å². The first-order valence-corrected chi connectivity index (χ1v) is 7.61. The van der Waals surface area contributed by atoms with E-state index in [0.29, 0.717) is 6.54 Å². The van der Waals surface area contributed by atoms with Crippen LogP contribution in [0.3, 0.4) is 0 Å². The smallest absolute Gasteiger partial charge is 0.261 e. The summed E-state index contributed by atoms with van der Waals surface area (Å²) in [6.45, 7) is 0.612. The van der Waals surface area contributed by atoms with Crippen LogP contribution in [0.4, 0.5) is 0 Å². The highest BCUT2D eigenvalue weighted by Crippen LogP contribution is 2.23. The van der Waals surface area contributed by atoms with Gasteiger partial charge in [-0.1, -0.05) is 6.07 Å². The third kappa shape index (κ3) is 2.92. The number of benzene rings is 1. The molecule has 5 heteroatoms. The first-order valence-electron chi connectivity index (χ1n) is 6.73. The van der Waals surface area contributed by atoms with Crippen LogP contribution < -0.4 is 10.1 Å². The largest absolute Gasteiger partial charge is 0.497 e. The summed E-state index contributed by atoms with van der Waals surface area (Å²) in [5, 5.41) is 5.99. The molecule has 0 fully saturated rings. The average Bonchev–Trinajstić information content (AvgIpc) is 3.16. The predicted octanol–water partition coefficient (Wildman–Crippen LogP) is 3.21. The third-order valence-corrected chi connectivity index (χ3v) is 4.27. The minimum Gasteiger partial charge on any atom is -0.497 e. The molecule has 0 saturated carbocycles. The number of amides is 1. The van der Waals surface area contributed by atoms with E-state index in [4.69, 9.17) is 4.74 Å². The molecule has 1 aromatic carbocycles. The highest BCUT2D eigenvalue weighted by Gasteiger charge is 2.08. The summed E-state index contributed by atoms with van der Waals surface area (Å²) in [5.74, 6) is 0.827. The number of thiophene rings is 1. The Balaban J connectivity index is 1.66. The fourth-order valence-corrected chi connectivity index (χ4v) is 2.94. The number of carbonyl (C=O) groups excluding carboxylic acids is 1. The molecule has 108 valence electrons. The molecule has 0 aliphatic carbocycles. The van der Waals surface area contributed by atoms with Crippen molar-refractivity contribution in [1.29, 1.82) is 0 Å². The van der Waals surface area contributed by atoms with Gasteiger partial charge in [0.2, 0.25) is 0 Å². The molecule has 3 aromatic rings. The molecule has 0 unspecified atom stereocenters. The molecule has 0 spiro atoms. The zero-order chi connectivity index (χ0) is 14.7. The van der Waals surface area contributed by atoms with E-state index in [1.807, 2.05) is 41.9 Å². The van der Waals surface area contributed by atoms with Crippen LogP contribution in [0, 0.1) is 0 Å². The Labute approximate surface area is 126 Å². The van der Waals surface area contributed by atoms with Crippen LogP contribution >= 0.6 is 11.3 Å². The van der Waals surface area contributed by atoms with Gasteiger partial charge in [0.05, 0.1) is 12.0 Å². The molecule has 3 rings (SSSR count). The van der Waals surface area contributed by atoms with Crippen LogP contribution in [0.25, 0.3) is 10.9 Å². The number of methoxy groups -OCH3 is 1. The number of fused-ring (bicyclic) bond motifs is 1. The van der Waals surface area contributed by atoms with Crippen molar-refractivity contribution >= 4 is 28.1 Å². The summed E-state index contributed by atoms with van der Waals surface area (Å²) in [6.07, 6.45) is 2.77. The highest BCUT2D eigenvalue weighted by molar-refractivity contribution is 7.12. The molecule has 2 N–H and O–H groups in total. The van der Waals surface area contributed by atoms with Crippen molar-refractivity contribution in [1.82, 2.24) is 10.3 Å². The van der Waals surface area contributed by atoms with E-state index in [9.17, 15) is 4.79 Å². The lowest BCUT2D eigenvalue weighted by atomic mass is 10.1. The molecule has 0 aliphatic heterocycles. The van der Waals surface area contributed by atoms with Gasteiger partial charge in [-0.15, -0.1) is 11.3 Å². The first kappa shape index (κ1) is 13.7. The van der Waals surface area contributed by atoms with Gasteiger partial charge >= 0.3 is 0 Å². The SMILES string of the molecule is COc1ccc2[nH]cc(CCNC(=O)c3cccs3)c2c1. The van der Waals surface area contributed by atoms with Gasteiger partial charge < -0.3 is 15.0 Å². The zero-order valence-electron chi connectivity index (χ0n) is 11.7.